The Kier molecular flexibility index (Phi) is 6.17. The molecule has 11 heteroatoms. The smallest absolute Gasteiger partial charge is 0.286 e. The van der Waals surface area contributed by atoms with Gasteiger partial charge in [-0.15, -0.1) is 21.5 Å². The Bertz CT molecular complexity index is 1320. The summed E-state index contributed by atoms with van der Waals surface area (Å²) < 4.78 is 5.13. The van der Waals surface area contributed by atoms with Gasteiger partial charge < -0.3 is 15.8 Å². The minimum atomic E-state index is -0.297. The number of aryl methyl sites for hydroxylation is 1. The van der Waals surface area contributed by atoms with Gasteiger partial charge >= 0.3 is 0 Å². The summed E-state index contributed by atoms with van der Waals surface area (Å²) in [6, 6.07) is 7.11. The number of aromatic nitrogens is 4. The molecule has 1 atom stereocenters. The monoisotopic (exact) mass is 498 g/mol. The number of rotatable bonds is 6. The summed E-state index contributed by atoms with van der Waals surface area (Å²) in [4.78, 5) is 24.1. The number of thioether (sulfide) groups is 1. The Morgan fingerprint density at radius 2 is 2.06 bits per heavy atom. The van der Waals surface area contributed by atoms with E-state index in [0.717, 1.165) is 33.8 Å². The zero-order valence-electron chi connectivity index (χ0n) is 18.1. The number of fused-ring (bicyclic) bond motifs is 3. The summed E-state index contributed by atoms with van der Waals surface area (Å²) in [5, 5.41) is 13.7. The maximum absolute atomic E-state index is 12.5. The van der Waals surface area contributed by atoms with E-state index < -0.39 is 0 Å². The van der Waals surface area contributed by atoms with Gasteiger partial charge in [-0.05, 0) is 55.0 Å². The van der Waals surface area contributed by atoms with Crippen LogP contribution in [0.5, 0.6) is 5.75 Å². The molecule has 0 saturated heterocycles. The summed E-state index contributed by atoms with van der Waals surface area (Å²) >= 11 is 4.44. The van der Waals surface area contributed by atoms with Crippen LogP contribution in [0, 0.1) is 5.92 Å². The number of amides is 1. The molecule has 0 bridgehead atoms. The van der Waals surface area contributed by atoms with Crippen molar-refractivity contribution in [1.82, 2.24) is 20.2 Å². The number of anilines is 2. The number of hydrogen-bond acceptors (Lipinski definition) is 10. The van der Waals surface area contributed by atoms with Crippen molar-refractivity contribution in [1.29, 1.82) is 0 Å². The Morgan fingerprint density at radius 3 is 2.85 bits per heavy atom. The Balaban J connectivity index is 1.26. The number of ether oxygens (including phenoxy) is 1. The first-order chi connectivity index (χ1) is 16.0. The summed E-state index contributed by atoms with van der Waals surface area (Å²) in [6.45, 7) is 2.29. The molecule has 4 aromatic rings. The average Bonchev–Trinajstić information content (AvgIpc) is 3.42. The highest BCUT2D eigenvalue weighted by Crippen LogP contribution is 2.40. The lowest BCUT2D eigenvalue weighted by molar-refractivity contribution is 0.102. The number of benzene rings is 1. The van der Waals surface area contributed by atoms with E-state index in [1.165, 1.54) is 40.0 Å². The molecule has 1 amide bonds. The van der Waals surface area contributed by atoms with Crippen molar-refractivity contribution in [3.05, 3.63) is 44.7 Å². The van der Waals surface area contributed by atoms with Gasteiger partial charge in [0.05, 0.1) is 18.2 Å². The van der Waals surface area contributed by atoms with Crippen LogP contribution in [0.1, 0.15) is 38.6 Å². The highest BCUT2D eigenvalue weighted by Gasteiger charge is 2.23. The Morgan fingerprint density at radius 1 is 1.24 bits per heavy atom. The summed E-state index contributed by atoms with van der Waals surface area (Å²) in [6.07, 6.45) is 3.31. The Labute approximate surface area is 203 Å². The van der Waals surface area contributed by atoms with Gasteiger partial charge in [0.15, 0.2) is 5.16 Å². The van der Waals surface area contributed by atoms with Crippen LogP contribution in [0.25, 0.3) is 10.2 Å². The predicted molar refractivity (Wildman–Crippen MR) is 133 cm³/mol. The van der Waals surface area contributed by atoms with E-state index in [9.17, 15) is 4.79 Å². The minimum Gasteiger partial charge on any atom is -0.497 e. The summed E-state index contributed by atoms with van der Waals surface area (Å²) in [5.41, 5.74) is 8.32. The summed E-state index contributed by atoms with van der Waals surface area (Å²) in [5.74, 6) is 2.19. The first kappa shape index (κ1) is 22.1. The second-order valence-corrected chi connectivity index (χ2v) is 11.0. The van der Waals surface area contributed by atoms with Crippen molar-refractivity contribution < 1.29 is 9.53 Å². The third-order valence-electron chi connectivity index (χ3n) is 5.50. The first-order valence-electron chi connectivity index (χ1n) is 10.5. The number of hydrogen-bond donors (Lipinski definition) is 2. The number of nitrogen functional groups attached to an aromatic ring is 1. The molecule has 1 aliphatic rings. The Hall–Kier alpha value is -2.76. The molecule has 0 aliphatic heterocycles. The molecule has 170 valence electrons. The average molecular weight is 499 g/mol. The molecule has 3 heterocycles. The normalized spacial score (nSPS) is 15.4. The van der Waals surface area contributed by atoms with Gasteiger partial charge in [-0.2, -0.15) is 0 Å². The van der Waals surface area contributed by atoms with Crippen LogP contribution in [0.2, 0.25) is 0 Å². The molecule has 0 unspecified atom stereocenters. The zero-order chi connectivity index (χ0) is 22.9. The van der Waals surface area contributed by atoms with Crippen LogP contribution in [0.4, 0.5) is 11.5 Å². The minimum absolute atomic E-state index is 0.297. The van der Waals surface area contributed by atoms with Crippen molar-refractivity contribution in [3.8, 4) is 5.75 Å². The number of methoxy groups -OCH3 is 1. The molecule has 0 radical (unpaired) electrons. The van der Waals surface area contributed by atoms with Gasteiger partial charge in [0.2, 0.25) is 5.01 Å². The second-order valence-electron chi connectivity index (χ2n) is 7.90. The highest BCUT2D eigenvalue weighted by atomic mass is 32.2. The third-order valence-corrected chi connectivity index (χ3v) is 8.61. The van der Waals surface area contributed by atoms with E-state index >= 15 is 0 Å². The van der Waals surface area contributed by atoms with Crippen molar-refractivity contribution in [2.45, 2.75) is 37.1 Å². The fourth-order valence-corrected chi connectivity index (χ4v) is 6.82. The molecule has 0 fully saturated rings. The van der Waals surface area contributed by atoms with Gasteiger partial charge in [-0.1, -0.05) is 30.0 Å². The van der Waals surface area contributed by atoms with Crippen LogP contribution in [-0.4, -0.2) is 33.2 Å². The molecule has 3 N–H and O–H groups in total. The second kappa shape index (κ2) is 9.24. The van der Waals surface area contributed by atoms with E-state index in [-0.39, 0.29) is 5.91 Å². The van der Waals surface area contributed by atoms with Gasteiger partial charge in [0, 0.05) is 10.6 Å². The number of nitrogens with two attached hydrogens (primary N) is 1. The number of carbonyl (C=O) groups is 1. The zero-order valence-corrected chi connectivity index (χ0v) is 20.6. The first-order valence-corrected chi connectivity index (χ1v) is 13.1. The van der Waals surface area contributed by atoms with Crippen LogP contribution in [0.15, 0.2) is 29.4 Å². The molecule has 3 aromatic heterocycles. The quantitative estimate of drug-likeness (QED) is 0.288. The largest absolute Gasteiger partial charge is 0.497 e. The van der Waals surface area contributed by atoms with Crippen LogP contribution < -0.4 is 15.8 Å². The van der Waals surface area contributed by atoms with E-state index in [1.807, 2.05) is 0 Å². The lowest BCUT2D eigenvalue weighted by Gasteiger charge is -2.17. The molecule has 8 nitrogen and oxygen atoms in total. The van der Waals surface area contributed by atoms with Gasteiger partial charge in [0.1, 0.15) is 21.4 Å². The summed E-state index contributed by atoms with van der Waals surface area (Å²) in [7, 11) is 1.60. The topological polar surface area (TPSA) is 116 Å². The van der Waals surface area contributed by atoms with Crippen LogP contribution in [-0.2, 0) is 18.6 Å². The van der Waals surface area contributed by atoms with Gasteiger partial charge in [-0.25, -0.2) is 9.97 Å². The van der Waals surface area contributed by atoms with E-state index in [0.29, 0.717) is 33.3 Å². The van der Waals surface area contributed by atoms with Crippen LogP contribution >= 0.6 is 34.4 Å². The molecular formula is C22H22N6O2S3. The molecule has 0 spiro atoms. The lowest BCUT2D eigenvalue weighted by Crippen LogP contribution is -2.11. The van der Waals surface area contributed by atoms with Crippen molar-refractivity contribution in [2.24, 2.45) is 5.92 Å². The maximum Gasteiger partial charge on any atom is 0.286 e. The number of nitrogens with zero attached hydrogens (tertiary/aromatic N) is 4. The van der Waals surface area contributed by atoms with Crippen LogP contribution in [0.3, 0.4) is 0 Å². The van der Waals surface area contributed by atoms with Crippen molar-refractivity contribution in [3.63, 3.8) is 0 Å². The van der Waals surface area contributed by atoms with Crippen molar-refractivity contribution in [2.75, 3.05) is 18.2 Å². The van der Waals surface area contributed by atoms with E-state index in [2.05, 4.69) is 27.4 Å². The number of nitrogens with one attached hydrogen (secondary N) is 1. The lowest BCUT2D eigenvalue weighted by atomic mass is 9.89. The third kappa shape index (κ3) is 4.66. The molecule has 1 aromatic carbocycles. The molecule has 5 rings (SSSR count). The van der Waals surface area contributed by atoms with Crippen molar-refractivity contribution >= 4 is 62.1 Å². The van der Waals surface area contributed by atoms with E-state index in [1.54, 1.807) is 42.7 Å². The fourth-order valence-electron chi connectivity index (χ4n) is 3.80. The SMILES string of the molecule is COc1ccc(NC(=O)c2nnc(CSc3nc(N)c4c5c(sc4n3)C[C@H](C)CC5)s2)cc1. The van der Waals surface area contributed by atoms with Gasteiger partial charge in [0.25, 0.3) is 5.91 Å². The maximum atomic E-state index is 12.5. The van der Waals surface area contributed by atoms with Gasteiger partial charge in [-0.3, -0.25) is 4.79 Å². The fraction of sp³-hybridized carbons (Fsp3) is 0.318. The predicted octanol–water partition coefficient (Wildman–Crippen LogP) is 4.80. The number of carbonyl (C=O) groups excluding carboxylic acids is 1. The molecule has 1 aliphatic carbocycles. The van der Waals surface area contributed by atoms with E-state index in [4.69, 9.17) is 15.5 Å². The molecule has 0 saturated carbocycles. The number of thiophene rings is 1. The molecular weight excluding hydrogens is 476 g/mol. The molecule has 33 heavy (non-hydrogen) atoms. The highest BCUT2D eigenvalue weighted by molar-refractivity contribution is 7.98. The standard InChI is InChI=1S/C22H22N6O2S3/c1-11-3-8-14-15(9-11)32-20-17(14)18(23)25-22(26-20)31-10-16-27-28-21(33-16)19(29)24-12-4-6-13(30-2)7-5-12/h4-7,11H,3,8-10H2,1-2H3,(H,24,29)(H2,23,25,26)/t11-/m1/s1.